The summed E-state index contributed by atoms with van der Waals surface area (Å²) in [5.74, 6) is -1.42. The second-order valence-electron chi connectivity index (χ2n) is 4.90. The second kappa shape index (κ2) is 5.43. The number of H-pyrrole nitrogens is 1. The predicted octanol–water partition coefficient (Wildman–Crippen LogP) is 1.88. The number of carboxylic acids is 1. The molecule has 0 saturated heterocycles. The van der Waals surface area contributed by atoms with Crippen LogP contribution in [0.1, 0.15) is 44.7 Å². The van der Waals surface area contributed by atoms with E-state index in [4.69, 9.17) is 5.11 Å². The lowest BCUT2D eigenvalue weighted by Crippen LogP contribution is -2.14. The maximum Gasteiger partial charge on any atom is 0.352 e. The van der Waals surface area contributed by atoms with Gasteiger partial charge < -0.3 is 15.4 Å². The fourth-order valence-electron chi connectivity index (χ4n) is 2.39. The van der Waals surface area contributed by atoms with Gasteiger partial charge in [0.2, 0.25) is 0 Å². The number of carbonyl (C=O) groups excluding carboxylic acids is 1. The number of rotatable bonds is 4. The van der Waals surface area contributed by atoms with Gasteiger partial charge in [-0.15, -0.1) is 0 Å². The number of aromatic carboxylic acids is 1. The van der Waals surface area contributed by atoms with Crippen LogP contribution in [0.25, 0.3) is 0 Å². The molecule has 0 radical (unpaired) electrons. The van der Waals surface area contributed by atoms with E-state index in [0.29, 0.717) is 28.9 Å². The summed E-state index contributed by atoms with van der Waals surface area (Å²) >= 11 is 0. The summed E-state index contributed by atoms with van der Waals surface area (Å²) < 4.78 is 1.63. The third kappa shape index (κ3) is 2.67. The third-order valence-electron chi connectivity index (χ3n) is 3.37. The van der Waals surface area contributed by atoms with Crippen molar-refractivity contribution in [3.63, 3.8) is 0 Å². The van der Waals surface area contributed by atoms with Crippen molar-refractivity contribution in [3.05, 3.63) is 34.4 Å². The molecule has 2 aromatic rings. The number of aryl methyl sites for hydroxylation is 3. The molecule has 0 atom stereocenters. The van der Waals surface area contributed by atoms with Gasteiger partial charge in [0.1, 0.15) is 5.69 Å². The maximum atomic E-state index is 12.4. The normalized spacial score (nSPS) is 10.7. The fourth-order valence-corrected chi connectivity index (χ4v) is 2.39. The van der Waals surface area contributed by atoms with Crippen molar-refractivity contribution in [2.24, 2.45) is 7.05 Å². The van der Waals surface area contributed by atoms with Crippen molar-refractivity contribution in [2.75, 3.05) is 5.32 Å². The number of nitrogens with one attached hydrogen (secondary N) is 2. The van der Waals surface area contributed by atoms with Crippen LogP contribution in [-0.4, -0.2) is 31.7 Å². The van der Waals surface area contributed by atoms with E-state index in [2.05, 4.69) is 15.4 Å². The average Bonchev–Trinajstić information content (AvgIpc) is 2.89. The Kier molecular flexibility index (Phi) is 3.84. The summed E-state index contributed by atoms with van der Waals surface area (Å²) in [6.45, 7) is 5.25. The molecule has 2 rings (SSSR count). The first-order chi connectivity index (χ1) is 9.85. The minimum Gasteiger partial charge on any atom is -0.477 e. The van der Waals surface area contributed by atoms with E-state index in [1.54, 1.807) is 31.8 Å². The lowest BCUT2D eigenvalue weighted by Gasteiger charge is -2.05. The quantitative estimate of drug-likeness (QED) is 0.800. The molecule has 7 nitrogen and oxygen atoms in total. The van der Waals surface area contributed by atoms with Crippen LogP contribution in [0.4, 0.5) is 5.69 Å². The molecule has 7 heteroatoms. The Balaban J connectivity index is 2.35. The molecule has 0 fully saturated rings. The number of aromatic nitrogens is 3. The number of carboxylic acid groups (broad SMARTS) is 1. The van der Waals surface area contributed by atoms with Crippen LogP contribution >= 0.6 is 0 Å². The zero-order valence-corrected chi connectivity index (χ0v) is 12.4. The van der Waals surface area contributed by atoms with Gasteiger partial charge in [0.15, 0.2) is 0 Å². The van der Waals surface area contributed by atoms with Gasteiger partial charge in [0, 0.05) is 18.9 Å². The van der Waals surface area contributed by atoms with Gasteiger partial charge >= 0.3 is 5.97 Å². The summed E-state index contributed by atoms with van der Waals surface area (Å²) in [5.41, 5.74) is 2.79. The molecule has 21 heavy (non-hydrogen) atoms. The van der Waals surface area contributed by atoms with Crippen molar-refractivity contribution in [2.45, 2.75) is 27.2 Å². The number of amides is 1. The fraction of sp³-hybridized carbons (Fsp3) is 0.357. The van der Waals surface area contributed by atoms with Crippen LogP contribution in [0.2, 0.25) is 0 Å². The van der Waals surface area contributed by atoms with Crippen molar-refractivity contribution >= 4 is 17.6 Å². The topological polar surface area (TPSA) is 100 Å². The molecule has 0 aromatic carbocycles. The van der Waals surface area contributed by atoms with E-state index < -0.39 is 5.97 Å². The van der Waals surface area contributed by atoms with E-state index in [1.165, 1.54) is 0 Å². The number of anilines is 1. The molecule has 112 valence electrons. The Labute approximate surface area is 122 Å². The van der Waals surface area contributed by atoms with E-state index in [9.17, 15) is 9.59 Å². The summed E-state index contributed by atoms with van der Waals surface area (Å²) in [6, 6.07) is 0. The molecule has 3 N–H and O–H groups in total. The molecule has 2 aromatic heterocycles. The molecule has 2 heterocycles. The molecule has 1 amide bonds. The van der Waals surface area contributed by atoms with Crippen LogP contribution in [0.15, 0.2) is 6.20 Å². The number of aromatic amines is 1. The van der Waals surface area contributed by atoms with E-state index in [-0.39, 0.29) is 11.6 Å². The Morgan fingerprint density at radius 3 is 2.62 bits per heavy atom. The van der Waals surface area contributed by atoms with Gasteiger partial charge in [-0.05, 0) is 25.8 Å². The molecule has 0 aliphatic rings. The van der Waals surface area contributed by atoms with Crippen molar-refractivity contribution < 1.29 is 14.7 Å². The number of hydrogen-bond donors (Lipinski definition) is 3. The zero-order chi connectivity index (χ0) is 15.7. The van der Waals surface area contributed by atoms with Crippen LogP contribution in [0, 0.1) is 13.8 Å². The summed E-state index contributed by atoms with van der Waals surface area (Å²) in [4.78, 5) is 26.2. The number of nitrogens with zero attached hydrogens (tertiary/aromatic N) is 2. The number of hydrogen-bond acceptors (Lipinski definition) is 3. The summed E-state index contributed by atoms with van der Waals surface area (Å²) in [7, 11) is 1.78. The minimum absolute atomic E-state index is 0.0413. The van der Waals surface area contributed by atoms with Gasteiger partial charge in [-0.2, -0.15) is 5.10 Å². The third-order valence-corrected chi connectivity index (χ3v) is 3.37. The highest BCUT2D eigenvalue weighted by Gasteiger charge is 2.22. The summed E-state index contributed by atoms with van der Waals surface area (Å²) in [6.07, 6.45) is 2.42. The molecule has 0 saturated carbocycles. The molecular weight excluding hydrogens is 272 g/mol. The van der Waals surface area contributed by atoms with E-state index in [1.807, 2.05) is 6.92 Å². The largest absolute Gasteiger partial charge is 0.477 e. The molecule has 0 bridgehead atoms. The van der Waals surface area contributed by atoms with Gasteiger partial charge in [0.05, 0.1) is 16.9 Å². The highest BCUT2D eigenvalue weighted by molar-refractivity contribution is 6.08. The molecule has 0 aliphatic carbocycles. The Morgan fingerprint density at radius 2 is 2.10 bits per heavy atom. The lowest BCUT2D eigenvalue weighted by atomic mass is 10.1. The van der Waals surface area contributed by atoms with E-state index >= 15 is 0 Å². The maximum absolute atomic E-state index is 12.4. The molecule has 0 unspecified atom stereocenters. The van der Waals surface area contributed by atoms with Crippen molar-refractivity contribution in [3.8, 4) is 0 Å². The lowest BCUT2D eigenvalue weighted by molar-refractivity contribution is 0.0690. The number of carbonyl (C=O) groups is 2. The minimum atomic E-state index is -1.08. The van der Waals surface area contributed by atoms with Crippen LogP contribution in [-0.2, 0) is 13.5 Å². The van der Waals surface area contributed by atoms with Crippen LogP contribution in [0.3, 0.4) is 0 Å². The first kappa shape index (κ1) is 14.8. The average molecular weight is 290 g/mol. The van der Waals surface area contributed by atoms with Gasteiger partial charge in [-0.3, -0.25) is 9.48 Å². The van der Waals surface area contributed by atoms with Crippen LogP contribution in [0.5, 0.6) is 0 Å². The molecule has 0 spiro atoms. The standard InChI is InChI=1S/C14H18N4O3/c1-5-9-10(6-18(4)17-9)16-13(19)11-7(2)12(14(20)21)15-8(11)3/h6,15H,5H2,1-4H3,(H,16,19)(H,20,21). The highest BCUT2D eigenvalue weighted by atomic mass is 16.4. The Morgan fingerprint density at radius 1 is 1.43 bits per heavy atom. The van der Waals surface area contributed by atoms with Gasteiger partial charge in [0.25, 0.3) is 5.91 Å². The molecular formula is C14H18N4O3. The Bertz CT molecular complexity index is 712. The van der Waals surface area contributed by atoms with Crippen molar-refractivity contribution in [1.29, 1.82) is 0 Å². The predicted molar refractivity (Wildman–Crippen MR) is 77.8 cm³/mol. The van der Waals surface area contributed by atoms with E-state index in [0.717, 1.165) is 5.69 Å². The first-order valence-electron chi connectivity index (χ1n) is 6.61. The molecule has 0 aliphatic heterocycles. The van der Waals surface area contributed by atoms with Crippen molar-refractivity contribution in [1.82, 2.24) is 14.8 Å². The van der Waals surface area contributed by atoms with Crippen LogP contribution < -0.4 is 5.32 Å². The summed E-state index contributed by atoms with van der Waals surface area (Å²) in [5, 5.41) is 16.1. The van der Waals surface area contributed by atoms with Gasteiger partial charge in [-0.1, -0.05) is 6.92 Å². The zero-order valence-electron chi connectivity index (χ0n) is 12.4. The monoisotopic (exact) mass is 290 g/mol. The Hall–Kier alpha value is -2.57. The second-order valence-corrected chi connectivity index (χ2v) is 4.90. The van der Waals surface area contributed by atoms with Gasteiger partial charge in [-0.25, -0.2) is 4.79 Å². The highest BCUT2D eigenvalue weighted by Crippen LogP contribution is 2.21. The smallest absolute Gasteiger partial charge is 0.352 e. The first-order valence-corrected chi connectivity index (χ1v) is 6.61. The SMILES string of the molecule is CCc1nn(C)cc1NC(=O)c1c(C)[nH]c(C(=O)O)c1C.